The molecule has 1 heterocycles. The van der Waals surface area contributed by atoms with Crippen LogP contribution in [0.25, 0.3) is 0 Å². The molecule has 0 aliphatic carbocycles. The highest BCUT2D eigenvalue weighted by Gasteiger charge is 2.10. The van der Waals surface area contributed by atoms with Crippen molar-refractivity contribution in [1.82, 2.24) is 4.98 Å². The second kappa shape index (κ2) is 5.67. The van der Waals surface area contributed by atoms with E-state index in [2.05, 4.69) is 4.98 Å². The minimum Gasteiger partial charge on any atom is -0.385 e. The summed E-state index contributed by atoms with van der Waals surface area (Å²) in [5.74, 6) is -0.336. The fourth-order valence-electron chi connectivity index (χ4n) is 1.29. The molecule has 0 aliphatic rings. The summed E-state index contributed by atoms with van der Waals surface area (Å²) in [5.41, 5.74) is 6.34. The van der Waals surface area contributed by atoms with Crippen molar-refractivity contribution in [3.8, 4) is 0 Å². The largest absolute Gasteiger partial charge is 0.385 e. The van der Waals surface area contributed by atoms with E-state index in [0.717, 1.165) is 12.8 Å². The first kappa shape index (κ1) is 11.1. The lowest BCUT2D eigenvalue weighted by Crippen LogP contribution is -2.13. The van der Waals surface area contributed by atoms with Gasteiger partial charge in [-0.2, -0.15) is 0 Å². The average molecular weight is 198 g/mol. The number of nitrogens with zero attached hydrogens (tertiary/aromatic N) is 1. The minimum absolute atomic E-state index is 0.270. The maximum absolute atomic E-state index is 13.2. The zero-order chi connectivity index (χ0) is 10.4. The molecule has 1 rings (SSSR count). The molecule has 0 aromatic carbocycles. The molecule has 0 spiro atoms. The molecule has 14 heavy (non-hydrogen) atoms. The van der Waals surface area contributed by atoms with Crippen molar-refractivity contribution in [2.75, 3.05) is 13.7 Å². The first-order chi connectivity index (χ1) is 6.75. The maximum Gasteiger partial charge on any atom is 0.146 e. The zero-order valence-electron chi connectivity index (χ0n) is 8.24. The first-order valence-corrected chi connectivity index (χ1v) is 4.59. The van der Waals surface area contributed by atoms with Crippen LogP contribution < -0.4 is 5.73 Å². The average Bonchev–Trinajstić information content (AvgIpc) is 2.18. The van der Waals surface area contributed by atoms with Crippen molar-refractivity contribution in [1.29, 1.82) is 0 Å². The van der Waals surface area contributed by atoms with E-state index < -0.39 is 0 Å². The number of ether oxygens (including phenoxy) is 1. The predicted molar refractivity (Wildman–Crippen MR) is 52.2 cm³/mol. The second-order valence-corrected chi connectivity index (χ2v) is 3.14. The molecular formula is C10H15FN2O. The molecule has 1 atom stereocenters. The lowest BCUT2D eigenvalue weighted by Gasteiger charge is -2.11. The van der Waals surface area contributed by atoms with E-state index in [1.807, 2.05) is 0 Å². The van der Waals surface area contributed by atoms with Gasteiger partial charge in [0.05, 0.1) is 6.20 Å². The van der Waals surface area contributed by atoms with E-state index in [1.165, 1.54) is 6.20 Å². The van der Waals surface area contributed by atoms with Crippen molar-refractivity contribution in [3.05, 3.63) is 29.8 Å². The third-order valence-corrected chi connectivity index (χ3v) is 2.07. The van der Waals surface area contributed by atoms with Gasteiger partial charge in [-0.05, 0) is 18.9 Å². The molecule has 0 saturated heterocycles. The lowest BCUT2D eigenvalue weighted by atomic mass is 10.0. The summed E-state index contributed by atoms with van der Waals surface area (Å²) < 4.78 is 18.1. The molecule has 1 aromatic heterocycles. The molecule has 4 heteroatoms. The summed E-state index contributed by atoms with van der Waals surface area (Å²) >= 11 is 0. The number of nitrogens with two attached hydrogens (primary N) is 1. The summed E-state index contributed by atoms with van der Waals surface area (Å²) in [6, 6.07) is 1.35. The number of hydrogen-bond donors (Lipinski definition) is 1. The first-order valence-electron chi connectivity index (χ1n) is 4.59. The summed E-state index contributed by atoms with van der Waals surface area (Å²) in [5, 5.41) is 0. The van der Waals surface area contributed by atoms with Gasteiger partial charge in [0.1, 0.15) is 5.82 Å². The van der Waals surface area contributed by atoms with Crippen molar-refractivity contribution in [2.24, 2.45) is 5.73 Å². The molecule has 78 valence electrons. The van der Waals surface area contributed by atoms with Crippen LogP contribution in [-0.2, 0) is 4.74 Å². The standard InChI is InChI=1S/C10H15FN2O/c1-14-6-2-3-10(12)8-4-5-13-7-9(8)11/h4-5,7,10H,2-3,6,12H2,1H3. The molecular weight excluding hydrogens is 183 g/mol. The third kappa shape index (κ3) is 3.05. The number of hydrogen-bond acceptors (Lipinski definition) is 3. The number of halogens is 1. The van der Waals surface area contributed by atoms with Gasteiger partial charge in [-0.15, -0.1) is 0 Å². The monoisotopic (exact) mass is 198 g/mol. The number of rotatable bonds is 5. The molecule has 0 amide bonds. The van der Waals surface area contributed by atoms with E-state index >= 15 is 0 Å². The van der Waals surface area contributed by atoms with E-state index in [4.69, 9.17) is 10.5 Å². The van der Waals surface area contributed by atoms with Gasteiger partial charge in [-0.3, -0.25) is 4.98 Å². The quantitative estimate of drug-likeness (QED) is 0.732. The fraction of sp³-hybridized carbons (Fsp3) is 0.500. The highest BCUT2D eigenvalue weighted by molar-refractivity contribution is 5.16. The van der Waals surface area contributed by atoms with Gasteiger partial charge in [0.2, 0.25) is 0 Å². The van der Waals surface area contributed by atoms with E-state index in [-0.39, 0.29) is 11.9 Å². The Kier molecular flexibility index (Phi) is 4.49. The molecule has 0 bridgehead atoms. The third-order valence-electron chi connectivity index (χ3n) is 2.07. The fourth-order valence-corrected chi connectivity index (χ4v) is 1.29. The Morgan fingerprint density at radius 1 is 1.64 bits per heavy atom. The molecule has 0 aliphatic heterocycles. The van der Waals surface area contributed by atoms with Crippen LogP contribution in [0.15, 0.2) is 18.5 Å². The smallest absolute Gasteiger partial charge is 0.146 e. The van der Waals surface area contributed by atoms with Crippen LogP contribution in [0.4, 0.5) is 4.39 Å². The molecule has 0 radical (unpaired) electrons. The highest BCUT2D eigenvalue weighted by atomic mass is 19.1. The van der Waals surface area contributed by atoms with Crippen LogP contribution in [0.2, 0.25) is 0 Å². The highest BCUT2D eigenvalue weighted by Crippen LogP contribution is 2.17. The normalized spacial score (nSPS) is 12.8. The van der Waals surface area contributed by atoms with Gasteiger partial charge in [0, 0.05) is 31.5 Å². The zero-order valence-corrected chi connectivity index (χ0v) is 8.24. The van der Waals surface area contributed by atoms with Crippen LogP contribution in [0.5, 0.6) is 0 Å². The Bertz CT molecular complexity index is 281. The summed E-state index contributed by atoms with van der Waals surface area (Å²) in [6.45, 7) is 0.653. The van der Waals surface area contributed by atoms with Crippen LogP contribution in [0.3, 0.4) is 0 Å². The van der Waals surface area contributed by atoms with Crippen molar-refractivity contribution in [2.45, 2.75) is 18.9 Å². The van der Waals surface area contributed by atoms with Gasteiger partial charge >= 0.3 is 0 Å². The minimum atomic E-state index is -0.336. The van der Waals surface area contributed by atoms with Gasteiger partial charge in [-0.25, -0.2) is 4.39 Å². The van der Waals surface area contributed by atoms with Gasteiger partial charge in [0.15, 0.2) is 0 Å². The Balaban J connectivity index is 2.51. The second-order valence-electron chi connectivity index (χ2n) is 3.14. The van der Waals surface area contributed by atoms with Gasteiger partial charge < -0.3 is 10.5 Å². The predicted octanol–water partition coefficient (Wildman–Crippen LogP) is 1.65. The Labute approximate surface area is 83.1 Å². The molecule has 1 unspecified atom stereocenters. The maximum atomic E-state index is 13.2. The van der Waals surface area contributed by atoms with Gasteiger partial charge in [0.25, 0.3) is 0 Å². The topological polar surface area (TPSA) is 48.1 Å². The number of methoxy groups -OCH3 is 1. The number of aromatic nitrogens is 1. The van der Waals surface area contributed by atoms with Crippen LogP contribution in [0, 0.1) is 5.82 Å². The van der Waals surface area contributed by atoms with Crippen LogP contribution in [0.1, 0.15) is 24.4 Å². The molecule has 0 saturated carbocycles. The summed E-state index contributed by atoms with van der Waals surface area (Å²) in [4.78, 5) is 3.67. The lowest BCUT2D eigenvalue weighted by molar-refractivity contribution is 0.190. The van der Waals surface area contributed by atoms with Crippen LogP contribution in [-0.4, -0.2) is 18.7 Å². The van der Waals surface area contributed by atoms with E-state index in [0.29, 0.717) is 12.2 Å². The summed E-state index contributed by atoms with van der Waals surface area (Å²) in [7, 11) is 1.64. The van der Waals surface area contributed by atoms with Gasteiger partial charge in [-0.1, -0.05) is 0 Å². The molecule has 1 aromatic rings. The molecule has 0 fully saturated rings. The number of pyridine rings is 1. The van der Waals surface area contributed by atoms with Crippen molar-refractivity contribution in [3.63, 3.8) is 0 Å². The Morgan fingerprint density at radius 2 is 2.43 bits per heavy atom. The van der Waals surface area contributed by atoms with E-state index in [9.17, 15) is 4.39 Å². The van der Waals surface area contributed by atoms with Crippen LogP contribution >= 0.6 is 0 Å². The molecule has 3 nitrogen and oxygen atoms in total. The SMILES string of the molecule is COCCCC(N)c1ccncc1F. The summed E-state index contributed by atoms with van der Waals surface area (Å²) in [6.07, 6.45) is 4.29. The van der Waals surface area contributed by atoms with E-state index in [1.54, 1.807) is 19.4 Å². The Morgan fingerprint density at radius 3 is 3.07 bits per heavy atom. The van der Waals surface area contributed by atoms with Crippen molar-refractivity contribution >= 4 is 0 Å². The van der Waals surface area contributed by atoms with Crippen molar-refractivity contribution < 1.29 is 9.13 Å². The Hall–Kier alpha value is -1.00. The molecule has 2 N–H and O–H groups in total.